The number of para-hydroxylation sites is 2. The minimum absolute atomic E-state index is 0.129. The van der Waals surface area contributed by atoms with Gasteiger partial charge in [0.05, 0.1) is 0 Å². The SMILES string of the molecule is CC(C)(C)c1cc(-c2nc(-c3cc(C(C)(C)C)cc(C(C)(C)C)c3)nc(-c3cc4c5c(c3)N(c3ccccc3)c3c(ccc6cc7ccccc7cc36)B5c3ccc5cc6ccccc6cc5c3N4c3ccccc3)n2)cc(C(C)(C)C)c1. The van der Waals surface area contributed by atoms with Crippen molar-refractivity contribution in [3.05, 3.63) is 229 Å². The van der Waals surface area contributed by atoms with Crippen molar-refractivity contribution in [3.8, 4) is 34.2 Å². The maximum absolute atomic E-state index is 5.74. The quantitative estimate of drug-likeness (QED) is 0.127. The van der Waals surface area contributed by atoms with Crippen molar-refractivity contribution in [3.63, 3.8) is 0 Å². The van der Waals surface area contributed by atoms with Gasteiger partial charge >= 0.3 is 0 Å². The first kappa shape index (κ1) is 52.2. The Bertz CT molecular complexity index is 4260. The van der Waals surface area contributed by atoms with Crippen LogP contribution in [0, 0.1) is 0 Å². The standard InChI is InChI=1S/C77H70BN5/c1-74(2,3)56-37-53(38-57(45-56)75(4,5)6)71-79-72(54-39-58(76(7,8)9)46-59(40-54)77(10,11)12)81-73(80-71)55-43-66-68-67(44-55)83(61-29-17-14-18-30-61)70-63-42-50-26-22-20-24-48(50)36-52(63)32-34-65(70)78(68)64-33-31-51-35-47-23-19-21-25-49(47)41-62(51)69(64)82(66)60-27-15-13-16-28-60/h13-46H,1-12H3. The van der Waals surface area contributed by atoms with E-state index >= 15 is 0 Å². The molecule has 0 amide bonds. The van der Waals surface area contributed by atoms with E-state index in [9.17, 15) is 0 Å². The van der Waals surface area contributed by atoms with Gasteiger partial charge in [0.1, 0.15) is 0 Å². The zero-order chi connectivity index (χ0) is 57.5. The third-order valence-corrected chi connectivity index (χ3v) is 17.5. The molecule has 0 N–H and O–H groups in total. The first-order valence-electron chi connectivity index (χ1n) is 29.5. The molecular formula is C77H70BN5. The van der Waals surface area contributed by atoms with E-state index in [4.69, 9.17) is 15.0 Å². The summed E-state index contributed by atoms with van der Waals surface area (Å²) in [6, 6.07) is 77.4. The molecule has 406 valence electrons. The van der Waals surface area contributed by atoms with Gasteiger partial charge in [-0.25, -0.2) is 15.0 Å². The van der Waals surface area contributed by atoms with Crippen molar-refractivity contribution in [2.45, 2.75) is 105 Å². The molecule has 0 fully saturated rings. The van der Waals surface area contributed by atoms with E-state index in [0.29, 0.717) is 17.5 Å². The van der Waals surface area contributed by atoms with E-state index in [1.165, 1.54) is 93.1 Å². The molecule has 2 aliphatic heterocycles. The Labute approximate surface area is 489 Å². The zero-order valence-electron chi connectivity index (χ0n) is 49.9. The van der Waals surface area contributed by atoms with Crippen molar-refractivity contribution < 1.29 is 0 Å². The predicted octanol–water partition coefficient (Wildman–Crippen LogP) is 18.8. The Hall–Kier alpha value is -8.87. The van der Waals surface area contributed by atoms with Crippen molar-refractivity contribution in [1.82, 2.24) is 15.0 Å². The van der Waals surface area contributed by atoms with Crippen LogP contribution in [0.3, 0.4) is 0 Å². The van der Waals surface area contributed by atoms with Gasteiger partial charge in [-0.1, -0.05) is 204 Å². The molecule has 1 aromatic heterocycles. The first-order valence-corrected chi connectivity index (χ1v) is 29.5. The summed E-state index contributed by atoms with van der Waals surface area (Å²) >= 11 is 0. The van der Waals surface area contributed by atoms with Gasteiger partial charge in [-0.05, 0) is 178 Å². The lowest BCUT2D eigenvalue weighted by atomic mass is 9.33. The Morgan fingerprint density at radius 1 is 0.301 bits per heavy atom. The van der Waals surface area contributed by atoms with E-state index in [-0.39, 0.29) is 28.4 Å². The normalized spacial score (nSPS) is 13.5. The predicted molar refractivity (Wildman–Crippen MR) is 355 cm³/mol. The van der Waals surface area contributed by atoms with Gasteiger partial charge in [-0.3, -0.25) is 0 Å². The average Bonchev–Trinajstić information content (AvgIpc) is 0.909. The molecule has 0 bridgehead atoms. The van der Waals surface area contributed by atoms with Crippen LogP contribution in [-0.2, 0) is 21.7 Å². The van der Waals surface area contributed by atoms with Gasteiger partial charge in [-0.15, -0.1) is 0 Å². The summed E-state index contributed by atoms with van der Waals surface area (Å²) in [6.45, 7) is 27.4. The molecule has 2 aliphatic rings. The Balaban J connectivity index is 1.14. The van der Waals surface area contributed by atoms with Crippen LogP contribution >= 0.6 is 0 Å². The second-order valence-corrected chi connectivity index (χ2v) is 27.5. The van der Waals surface area contributed by atoms with Crippen LogP contribution in [0.15, 0.2) is 206 Å². The Morgan fingerprint density at radius 2 is 0.614 bits per heavy atom. The molecule has 12 aromatic rings. The summed E-state index contributed by atoms with van der Waals surface area (Å²) in [7, 11) is 0. The van der Waals surface area contributed by atoms with Crippen molar-refractivity contribution >= 4 is 100 Å². The van der Waals surface area contributed by atoms with E-state index in [1.54, 1.807) is 0 Å². The summed E-state index contributed by atoms with van der Waals surface area (Å²) in [6.07, 6.45) is 0. The summed E-state index contributed by atoms with van der Waals surface area (Å²) in [5, 5.41) is 9.65. The zero-order valence-corrected chi connectivity index (χ0v) is 49.9. The van der Waals surface area contributed by atoms with Gasteiger partial charge in [0.25, 0.3) is 6.71 Å². The Kier molecular flexibility index (Phi) is 11.9. The van der Waals surface area contributed by atoms with Gasteiger partial charge in [0.15, 0.2) is 17.5 Å². The van der Waals surface area contributed by atoms with Crippen LogP contribution in [-0.4, -0.2) is 21.7 Å². The maximum Gasteiger partial charge on any atom is 0.252 e. The van der Waals surface area contributed by atoms with E-state index in [1.807, 2.05) is 0 Å². The summed E-state index contributed by atoms with van der Waals surface area (Å²) in [5.41, 5.74) is 17.8. The number of hydrogen-bond donors (Lipinski definition) is 0. The maximum atomic E-state index is 5.74. The number of rotatable bonds is 5. The fraction of sp³-hybridized carbons (Fsp3) is 0.208. The third kappa shape index (κ3) is 8.97. The van der Waals surface area contributed by atoms with E-state index in [0.717, 1.165) is 39.4 Å². The highest BCUT2D eigenvalue weighted by Crippen LogP contribution is 2.50. The molecular weight excluding hydrogens is 1010 g/mol. The van der Waals surface area contributed by atoms with Gasteiger partial charge in [-0.2, -0.15) is 0 Å². The smallest absolute Gasteiger partial charge is 0.252 e. The van der Waals surface area contributed by atoms with Crippen LogP contribution in [0.2, 0.25) is 0 Å². The van der Waals surface area contributed by atoms with Gasteiger partial charge in [0.2, 0.25) is 0 Å². The van der Waals surface area contributed by atoms with Crippen LogP contribution in [0.1, 0.15) is 105 Å². The average molecular weight is 1080 g/mol. The number of anilines is 6. The topological polar surface area (TPSA) is 45.2 Å². The van der Waals surface area contributed by atoms with E-state index < -0.39 is 0 Å². The number of fused-ring (bicyclic) bond motifs is 10. The molecule has 0 aliphatic carbocycles. The molecule has 0 spiro atoms. The summed E-state index contributed by atoms with van der Waals surface area (Å²) < 4.78 is 0. The second kappa shape index (κ2) is 18.8. The fourth-order valence-corrected chi connectivity index (χ4v) is 12.8. The Morgan fingerprint density at radius 3 is 0.952 bits per heavy atom. The van der Waals surface area contributed by atoms with Gasteiger partial charge in [0, 0.05) is 61.6 Å². The third-order valence-electron chi connectivity index (χ3n) is 17.5. The molecule has 6 heteroatoms. The molecule has 0 atom stereocenters. The molecule has 0 saturated heterocycles. The largest absolute Gasteiger partial charge is 0.311 e. The lowest BCUT2D eigenvalue weighted by molar-refractivity contribution is 0.568. The molecule has 14 rings (SSSR count). The van der Waals surface area contributed by atoms with Crippen molar-refractivity contribution in [1.29, 1.82) is 0 Å². The van der Waals surface area contributed by atoms with Crippen LogP contribution in [0.4, 0.5) is 34.1 Å². The first-order chi connectivity index (χ1) is 39.6. The number of aromatic nitrogens is 3. The number of nitrogens with zero attached hydrogens (tertiary/aromatic N) is 5. The molecule has 0 unspecified atom stereocenters. The summed E-state index contributed by atoms with van der Waals surface area (Å²) in [5.74, 6) is 1.91. The van der Waals surface area contributed by atoms with Crippen LogP contribution < -0.4 is 26.2 Å². The van der Waals surface area contributed by atoms with Crippen LogP contribution in [0.5, 0.6) is 0 Å². The minimum atomic E-state index is -0.137. The fourth-order valence-electron chi connectivity index (χ4n) is 12.8. The van der Waals surface area contributed by atoms with Gasteiger partial charge < -0.3 is 9.80 Å². The molecule has 3 heterocycles. The monoisotopic (exact) mass is 1080 g/mol. The molecule has 83 heavy (non-hydrogen) atoms. The number of hydrogen-bond acceptors (Lipinski definition) is 5. The lowest BCUT2D eigenvalue weighted by Gasteiger charge is -2.45. The van der Waals surface area contributed by atoms with E-state index in [2.05, 4.69) is 299 Å². The number of benzene rings is 11. The highest BCUT2D eigenvalue weighted by molar-refractivity contribution is 7.00. The summed E-state index contributed by atoms with van der Waals surface area (Å²) in [4.78, 5) is 22.2. The molecule has 0 radical (unpaired) electrons. The van der Waals surface area contributed by atoms with Crippen LogP contribution in [0.25, 0.3) is 77.3 Å². The highest BCUT2D eigenvalue weighted by Gasteiger charge is 2.45. The van der Waals surface area contributed by atoms with Crippen molar-refractivity contribution in [2.24, 2.45) is 0 Å². The minimum Gasteiger partial charge on any atom is -0.311 e. The van der Waals surface area contributed by atoms with Crippen molar-refractivity contribution in [2.75, 3.05) is 9.80 Å². The highest BCUT2D eigenvalue weighted by atomic mass is 15.2. The molecule has 11 aromatic carbocycles. The molecule has 5 nitrogen and oxygen atoms in total. The second-order valence-electron chi connectivity index (χ2n) is 27.5. The molecule has 0 saturated carbocycles. The lowest BCUT2D eigenvalue weighted by Crippen LogP contribution is -2.61.